The van der Waals surface area contributed by atoms with Gasteiger partial charge in [-0.25, -0.2) is 4.98 Å². The quantitative estimate of drug-likeness (QED) is 0.182. The van der Waals surface area contributed by atoms with Crippen molar-refractivity contribution in [2.75, 3.05) is 0 Å². The van der Waals surface area contributed by atoms with Gasteiger partial charge >= 0.3 is 0 Å². The van der Waals surface area contributed by atoms with Crippen LogP contribution in [0, 0.1) is 0 Å². The van der Waals surface area contributed by atoms with E-state index in [9.17, 15) is 0 Å². The number of nitrogens with zero attached hydrogens (tertiary/aromatic N) is 3. The van der Waals surface area contributed by atoms with Crippen molar-refractivity contribution < 1.29 is 4.42 Å². The minimum atomic E-state index is 0.867. The van der Waals surface area contributed by atoms with Gasteiger partial charge in [-0.3, -0.25) is 4.57 Å². The van der Waals surface area contributed by atoms with Gasteiger partial charge in [-0.05, 0) is 70.8 Å². The van der Waals surface area contributed by atoms with Crippen LogP contribution in [0.5, 0.6) is 0 Å². The Kier molecular flexibility index (Phi) is 6.52. The summed E-state index contributed by atoms with van der Waals surface area (Å²) in [7, 11) is 0. The first-order valence-electron chi connectivity index (χ1n) is 18.0. The SMILES string of the molecule is c1ccc(-c2ccc3c4ccccc4n(-c4cccc5c4oc4cccc(-c6ccc(-n7c(-c8ccccc8)nc8ccccc87)cc6)c45)c3c2)cc1. The molecule has 3 heterocycles. The monoisotopic (exact) mass is 677 g/mol. The standard InChI is InChI=1S/C49H31N3O/c1-3-13-32(14-4-1)35-27-30-39-38-17-7-9-21-42(38)52(45(39)31-35)44-23-11-19-40-47-37(18-12-24-46(47)53-48(40)44)33-25-28-36(29-26-33)51-43-22-10-8-20-41(43)50-49(51)34-15-5-2-6-16-34/h1-31H. The Balaban J connectivity index is 1.08. The molecule has 4 nitrogen and oxygen atoms in total. The lowest BCUT2D eigenvalue weighted by atomic mass is 9.99. The van der Waals surface area contributed by atoms with Gasteiger partial charge in [-0.15, -0.1) is 0 Å². The minimum absolute atomic E-state index is 0.867. The molecule has 11 rings (SSSR count). The van der Waals surface area contributed by atoms with Crippen LogP contribution in [0.2, 0.25) is 0 Å². The zero-order valence-corrected chi connectivity index (χ0v) is 28.6. The van der Waals surface area contributed by atoms with Crippen molar-refractivity contribution in [3.8, 4) is 45.0 Å². The summed E-state index contributed by atoms with van der Waals surface area (Å²) in [5.41, 5.74) is 13.9. The number of hydrogen-bond acceptors (Lipinski definition) is 2. The molecule has 0 radical (unpaired) electrons. The summed E-state index contributed by atoms with van der Waals surface area (Å²) >= 11 is 0. The molecule has 3 aromatic heterocycles. The van der Waals surface area contributed by atoms with Crippen molar-refractivity contribution in [2.24, 2.45) is 0 Å². The number of hydrogen-bond donors (Lipinski definition) is 0. The van der Waals surface area contributed by atoms with Crippen LogP contribution in [-0.2, 0) is 0 Å². The van der Waals surface area contributed by atoms with Crippen LogP contribution in [0.3, 0.4) is 0 Å². The molecule has 53 heavy (non-hydrogen) atoms. The van der Waals surface area contributed by atoms with Crippen molar-refractivity contribution in [2.45, 2.75) is 0 Å². The molecule has 0 saturated carbocycles. The maximum atomic E-state index is 6.84. The van der Waals surface area contributed by atoms with Crippen LogP contribution in [0.15, 0.2) is 192 Å². The van der Waals surface area contributed by atoms with Crippen LogP contribution in [0.1, 0.15) is 0 Å². The van der Waals surface area contributed by atoms with Crippen molar-refractivity contribution in [1.82, 2.24) is 14.1 Å². The zero-order valence-electron chi connectivity index (χ0n) is 28.6. The molecule has 0 aliphatic heterocycles. The first kappa shape index (κ1) is 29.5. The van der Waals surface area contributed by atoms with Gasteiger partial charge in [0.2, 0.25) is 0 Å². The Morgan fingerprint density at radius 1 is 0.415 bits per heavy atom. The molecule has 8 aromatic carbocycles. The van der Waals surface area contributed by atoms with Gasteiger partial charge in [-0.1, -0.05) is 140 Å². The van der Waals surface area contributed by atoms with E-state index < -0.39 is 0 Å². The predicted molar refractivity (Wildman–Crippen MR) is 219 cm³/mol. The van der Waals surface area contributed by atoms with Crippen LogP contribution >= 0.6 is 0 Å². The first-order valence-corrected chi connectivity index (χ1v) is 18.0. The lowest BCUT2D eigenvalue weighted by Gasteiger charge is -2.11. The second-order valence-corrected chi connectivity index (χ2v) is 13.6. The van der Waals surface area contributed by atoms with Crippen molar-refractivity contribution in [3.05, 3.63) is 188 Å². The van der Waals surface area contributed by atoms with Crippen LogP contribution in [0.4, 0.5) is 0 Å². The molecule has 0 spiro atoms. The molecule has 0 unspecified atom stereocenters. The highest BCUT2D eigenvalue weighted by molar-refractivity contribution is 6.16. The van der Waals surface area contributed by atoms with Crippen molar-refractivity contribution in [3.63, 3.8) is 0 Å². The molecule has 0 N–H and O–H groups in total. The number of imidazole rings is 1. The molecular weight excluding hydrogens is 647 g/mol. The second-order valence-electron chi connectivity index (χ2n) is 13.6. The summed E-state index contributed by atoms with van der Waals surface area (Å²) in [6, 6.07) is 66.5. The van der Waals surface area contributed by atoms with Crippen molar-refractivity contribution in [1.29, 1.82) is 0 Å². The van der Waals surface area contributed by atoms with E-state index in [1.165, 1.54) is 21.9 Å². The van der Waals surface area contributed by atoms with Gasteiger partial charge in [0.15, 0.2) is 5.58 Å². The van der Waals surface area contributed by atoms with E-state index in [4.69, 9.17) is 9.40 Å². The number of para-hydroxylation sites is 4. The highest BCUT2D eigenvalue weighted by atomic mass is 16.3. The number of rotatable bonds is 5. The van der Waals surface area contributed by atoms with E-state index in [-0.39, 0.29) is 0 Å². The van der Waals surface area contributed by atoms with E-state index in [0.717, 1.165) is 77.9 Å². The molecule has 0 fully saturated rings. The fourth-order valence-electron chi connectivity index (χ4n) is 8.15. The maximum Gasteiger partial charge on any atom is 0.159 e. The molecular formula is C49H31N3O. The third-order valence-corrected chi connectivity index (χ3v) is 10.6. The summed E-state index contributed by atoms with van der Waals surface area (Å²) < 4.78 is 11.5. The molecule has 0 saturated heterocycles. The Morgan fingerprint density at radius 2 is 1.08 bits per heavy atom. The number of benzene rings is 8. The average molecular weight is 678 g/mol. The Labute approximate surface area is 305 Å². The van der Waals surface area contributed by atoms with Crippen molar-refractivity contribution >= 4 is 54.8 Å². The van der Waals surface area contributed by atoms with E-state index in [1.54, 1.807) is 0 Å². The Hall–Kier alpha value is -7.17. The largest absolute Gasteiger partial charge is 0.454 e. The van der Waals surface area contributed by atoms with Gasteiger partial charge in [0.05, 0.1) is 27.8 Å². The molecule has 0 aliphatic carbocycles. The number of fused-ring (bicyclic) bond motifs is 7. The molecule has 248 valence electrons. The highest BCUT2D eigenvalue weighted by Crippen LogP contribution is 2.42. The number of aromatic nitrogens is 3. The predicted octanol–water partition coefficient (Wildman–Crippen LogP) is 13.0. The fraction of sp³-hybridized carbons (Fsp3) is 0. The lowest BCUT2D eigenvalue weighted by Crippen LogP contribution is -1.97. The molecule has 0 bridgehead atoms. The first-order chi connectivity index (χ1) is 26.3. The molecule has 0 atom stereocenters. The number of furan rings is 1. The third-order valence-electron chi connectivity index (χ3n) is 10.6. The highest BCUT2D eigenvalue weighted by Gasteiger charge is 2.20. The summed E-state index contributed by atoms with van der Waals surface area (Å²) in [6.07, 6.45) is 0. The van der Waals surface area contributed by atoms with Crippen LogP contribution in [0.25, 0.3) is 99.8 Å². The third kappa shape index (κ3) is 4.59. The normalized spacial score (nSPS) is 11.8. The smallest absolute Gasteiger partial charge is 0.159 e. The van der Waals surface area contributed by atoms with Gasteiger partial charge in [0, 0.05) is 32.8 Å². The topological polar surface area (TPSA) is 35.9 Å². The van der Waals surface area contributed by atoms with Gasteiger partial charge in [0.25, 0.3) is 0 Å². The second kappa shape index (κ2) is 11.7. The zero-order chi connectivity index (χ0) is 34.9. The molecule has 0 aliphatic rings. The van der Waals surface area contributed by atoms with Gasteiger partial charge < -0.3 is 8.98 Å². The molecule has 4 heteroatoms. The average Bonchev–Trinajstić information content (AvgIpc) is 3.91. The van der Waals surface area contributed by atoms with E-state index >= 15 is 0 Å². The molecule has 0 amide bonds. The summed E-state index contributed by atoms with van der Waals surface area (Å²) in [4.78, 5) is 5.04. The van der Waals surface area contributed by atoms with Crippen LogP contribution in [-0.4, -0.2) is 14.1 Å². The van der Waals surface area contributed by atoms with E-state index in [2.05, 4.69) is 185 Å². The van der Waals surface area contributed by atoms with E-state index in [1.807, 2.05) is 12.1 Å². The van der Waals surface area contributed by atoms with Gasteiger partial charge in [-0.2, -0.15) is 0 Å². The minimum Gasteiger partial charge on any atom is -0.454 e. The lowest BCUT2D eigenvalue weighted by molar-refractivity contribution is 0.666. The fourth-order valence-corrected chi connectivity index (χ4v) is 8.15. The maximum absolute atomic E-state index is 6.84. The summed E-state index contributed by atoms with van der Waals surface area (Å²) in [6.45, 7) is 0. The van der Waals surface area contributed by atoms with E-state index in [0.29, 0.717) is 0 Å². The van der Waals surface area contributed by atoms with Gasteiger partial charge in [0.1, 0.15) is 11.4 Å². The summed E-state index contributed by atoms with van der Waals surface area (Å²) in [5.74, 6) is 0.927. The Morgan fingerprint density at radius 3 is 1.91 bits per heavy atom. The Bertz CT molecular complexity index is 3150. The molecule has 11 aromatic rings. The van der Waals surface area contributed by atoms with Crippen LogP contribution < -0.4 is 0 Å². The summed E-state index contributed by atoms with van der Waals surface area (Å²) in [5, 5.41) is 4.64.